The van der Waals surface area contributed by atoms with E-state index in [1.807, 2.05) is 24.3 Å². The summed E-state index contributed by atoms with van der Waals surface area (Å²) in [4.78, 5) is 16.7. The van der Waals surface area contributed by atoms with E-state index in [0.717, 1.165) is 9.13 Å². The Labute approximate surface area is 164 Å². The molecular weight excluding hydrogens is 499 g/mol. The fourth-order valence-corrected chi connectivity index (χ4v) is 3.23. The first kappa shape index (κ1) is 16.3. The van der Waals surface area contributed by atoms with Crippen molar-refractivity contribution in [1.29, 1.82) is 0 Å². The standard InChI is InChI=1S/C18H10BrIN2O3/c19-16-7-6-15(24-16)17(23)21-12-4-5-14-13(9-12)22-18(25-14)10-2-1-3-11(20)8-10/h1-9H,(H,21,23). The van der Waals surface area contributed by atoms with Gasteiger partial charge in [0.1, 0.15) is 5.52 Å². The normalized spacial score (nSPS) is 11.0. The SMILES string of the molecule is O=C(Nc1ccc2oc(-c3cccc(I)c3)nc2c1)c1ccc(Br)o1. The predicted octanol–water partition coefficient (Wildman–Crippen LogP) is 5.71. The van der Waals surface area contributed by atoms with Gasteiger partial charge < -0.3 is 14.2 Å². The van der Waals surface area contributed by atoms with E-state index in [0.29, 0.717) is 27.3 Å². The number of hydrogen-bond acceptors (Lipinski definition) is 4. The third-order valence-corrected chi connectivity index (χ3v) is 4.61. The number of halogens is 2. The Morgan fingerprint density at radius 3 is 2.72 bits per heavy atom. The molecule has 0 fully saturated rings. The average molecular weight is 509 g/mol. The molecule has 7 heteroatoms. The molecule has 0 spiro atoms. The van der Waals surface area contributed by atoms with Crippen molar-refractivity contribution in [2.24, 2.45) is 0 Å². The largest absolute Gasteiger partial charge is 0.444 e. The van der Waals surface area contributed by atoms with Crippen LogP contribution in [0.3, 0.4) is 0 Å². The maximum Gasteiger partial charge on any atom is 0.291 e. The molecule has 1 amide bonds. The monoisotopic (exact) mass is 508 g/mol. The zero-order valence-corrected chi connectivity index (χ0v) is 16.4. The fraction of sp³-hybridized carbons (Fsp3) is 0. The molecule has 0 aliphatic heterocycles. The molecule has 0 unspecified atom stereocenters. The summed E-state index contributed by atoms with van der Waals surface area (Å²) in [6.07, 6.45) is 0. The summed E-state index contributed by atoms with van der Waals surface area (Å²) < 4.78 is 12.7. The smallest absolute Gasteiger partial charge is 0.291 e. The van der Waals surface area contributed by atoms with Crippen molar-refractivity contribution < 1.29 is 13.6 Å². The Hall–Kier alpha value is -2.13. The van der Waals surface area contributed by atoms with Gasteiger partial charge in [-0.25, -0.2) is 4.98 Å². The number of carbonyl (C=O) groups is 1. The summed E-state index contributed by atoms with van der Waals surface area (Å²) in [6.45, 7) is 0. The van der Waals surface area contributed by atoms with E-state index in [2.05, 4.69) is 48.8 Å². The van der Waals surface area contributed by atoms with Gasteiger partial charge in [0, 0.05) is 14.8 Å². The number of nitrogens with one attached hydrogen (secondary N) is 1. The zero-order chi connectivity index (χ0) is 17.4. The van der Waals surface area contributed by atoms with E-state index in [9.17, 15) is 4.79 Å². The van der Waals surface area contributed by atoms with E-state index in [1.54, 1.807) is 30.3 Å². The van der Waals surface area contributed by atoms with E-state index in [1.165, 1.54) is 0 Å². The number of oxazole rings is 1. The number of anilines is 1. The van der Waals surface area contributed by atoms with Gasteiger partial charge in [-0.15, -0.1) is 0 Å². The van der Waals surface area contributed by atoms with Crippen molar-refractivity contribution in [3.8, 4) is 11.5 Å². The van der Waals surface area contributed by atoms with Crippen molar-refractivity contribution in [1.82, 2.24) is 4.98 Å². The van der Waals surface area contributed by atoms with Crippen molar-refractivity contribution in [2.45, 2.75) is 0 Å². The lowest BCUT2D eigenvalue weighted by Gasteiger charge is -2.02. The second-order valence-electron chi connectivity index (χ2n) is 5.27. The minimum Gasteiger partial charge on any atom is -0.444 e. The molecular formula is C18H10BrIN2O3. The molecule has 1 N–H and O–H groups in total. The average Bonchev–Trinajstić information content (AvgIpc) is 3.20. The number of hydrogen-bond donors (Lipinski definition) is 1. The number of carbonyl (C=O) groups excluding carboxylic acids is 1. The van der Waals surface area contributed by atoms with E-state index < -0.39 is 0 Å². The summed E-state index contributed by atoms with van der Waals surface area (Å²) in [5.41, 5.74) is 2.86. The molecule has 25 heavy (non-hydrogen) atoms. The van der Waals surface area contributed by atoms with Crippen LogP contribution in [0.15, 0.2) is 68.1 Å². The summed E-state index contributed by atoms with van der Waals surface area (Å²) in [7, 11) is 0. The number of benzene rings is 2. The Bertz CT molecular complexity index is 1090. The predicted molar refractivity (Wildman–Crippen MR) is 107 cm³/mol. The van der Waals surface area contributed by atoms with Gasteiger partial charge in [-0.2, -0.15) is 0 Å². The lowest BCUT2D eigenvalue weighted by atomic mass is 10.2. The van der Waals surface area contributed by atoms with Crippen molar-refractivity contribution in [3.05, 3.63) is 68.6 Å². The van der Waals surface area contributed by atoms with Gasteiger partial charge >= 0.3 is 0 Å². The van der Waals surface area contributed by atoms with Crippen LogP contribution in [0.4, 0.5) is 5.69 Å². The molecule has 4 rings (SSSR count). The number of fused-ring (bicyclic) bond motifs is 1. The fourth-order valence-electron chi connectivity index (χ4n) is 2.38. The first-order valence-electron chi connectivity index (χ1n) is 7.32. The van der Waals surface area contributed by atoms with Crippen LogP contribution in [0.5, 0.6) is 0 Å². The summed E-state index contributed by atoms with van der Waals surface area (Å²) in [5, 5.41) is 2.79. The Morgan fingerprint density at radius 1 is 1.08 bits per heavy atom. The lowest BCUT2D eigenvalue weighted by Crippen LogP contribution is -2.10. The van der Waals surface area contributed by atoms with Crippen molar-refractivity contribution >= 4 is 61.2 Å². The summed E-state index contributed by atoms with van der Waals surface area (Å²) in [6, 6.07) is 16.5. The molecule has 4 aromatic rings. The zero-order valence-electron chi connectivity index (χ0n) is 12.6. The molecule has 2 aromatic heterocycles. The Kier molecular flexibility index (Phi) is 4.34. The first-order valence-corrected chi connectivity index (χ1v) is 9.19. The Morgan fingerprint density at radius 2 is 1.96 bits per heavy atom. The number of aromatic nitrogens is 1. The number of rotatable bonds is 3. The van der Waals surface area contributed by atoms with Gasteiger partial charge in [0.2, 0.25) is 5.89 Å². The highest BCUT2D eigenvalue weighted by Gasteiger charge is 2.13. The van der Waals surface area contributed by atoms with Gasteiger partial charge in [-0.3, -0.25) is 4.79 Å². The summed E-state index contributed by atoms with van der Waals surface area (Å²) in [5.74, 6) is 0.449. The van der Waals surface area contributed by atoms with Crippen LogP contribution in [0.1, 0.15) is 10.6 Å². The third kappa shape index (κ3) is 3.47. The topological polar surface area (TPSA) is 68.3 Å². The molecule has 2 aromatic carbocycles. The number of furan rings is 1. The highest BCUT2D eigenvalue weighted by Crippen LogP contribution is 2.27. The summed E-state index contributed by atoms with van der Waals surface area (Å²) >= 11 is 5.43. The Balaban J connectivity index is 1.63. The van der Waals surface area contributed by atoms with Crippen molar-refractivity contribution in [2.75, 3.05) is 5.32 Å². The first-order chi connectivity index (χ1) is 12.1. The minimum absolute atomic E-state index is 0.228. The van der Waals surface area contributed by atoms with E-state index in [-0.39, 0.29) is 11.7 Å². The van der Waals surface area contributed by atoms with Crippen LogP contribution in [-0.4, -0.2) is 10.9 Å². The maximum absolute atomic E-state index is 12.2. The van der Waals surface area contributed by atoms with Gasteiger partial charge in [0.25, 0.3) is 5.91 Å². The molecule has 0 saturated heterocycles. The van der Waals surface area contributed by atoms with Crippen LogP contribution >= 0.6 is 38.5 Å². The highest BCUT2D eigenvalue weighted by atomic mass is 127. The maximum atomic E-state index is 12.2. The van der Waals surface area contributed by atoms with Crippen LogP contribution in [0, 0.1) is 3.57 Å². The van der Waals surface area contributed by atoms with Gasteiger partial charge in [0.05, 0.1) is 0 Å². The van der Waals surface area contributed by atoms with Crippen LogP contribution in [-0.2, 0) is 0 Å². The quantitative estimate of drug-likeness (QED) is 0.360. The van der Waals surface area contributed by atoms with Gasteiger partial charge in [0.15, 0.2) is 16.0 Å². The van der Waals surface area contributed by atoms with Crippen LogP contribution in [0.25, 0.3) is 22.6 Å². The van der Waals surface area contributed by atoms with Gasteiger partial charge in [-0.1, -0.05) is 6.07 Å². The van der Waals surface area contributed by atoms with Crippen molar-refractivity contribution in [3.63, 3.8) is 0 Å². The molecule has 124 valence electrons. The molecule has 0 bridgehead atoms. The number of amides is 1. The molecule has 0 aliphatic rings. The molecule has 2 heterocycles. The van der Waals surface area contributed by atoms with E-state index in [4.69, 9.17) is 8.83 Å². The number of nitrogens with zero attached hydrogens (tertiary/aromatic N) is 1. The molecule has 0 radical (unpaired) electrons. The second-order valence-corrected chi connectivity index (χ2v) is 7.30. The molecule has 5 nitrogen and oxygen atoms in total. The van der Waals surface area contributed by atoms with E-state index >= 15 is 0 Å². The highest BCUT2D eigenvalue weighted by molar-refractivity contribution is 14.1. The third-order valence-electron chi connectivity index (χ3n) is 3.51. The minimum atomic E-state index is -0.327. The second kappa shape index (κ2) is 6.64. The molecule has 0 aliphatic carbocycles. The van der Waals surface area contributed by atoms with Gasteiger partial charge in [-0.05, 0) is 87.1 Å². The van der Waals surface area contributed by atoms with Crippen LogP contribution in [0.2, 0.25) is 0 Å². The molecule has 0 saturated carbocycles. The van der Waals surface area contributed by atoms with Crippen LogP contribution < -0.4 is 5.32 Å². The molecule has 0 atom stereocenters. The lowest BCUT2D eigenvalue weighted by molar-refractivity contribution is 0.0995.